The molecule has 0 saturated heterocycles. The minimum atomic E-state index is -0.146. The van der Waals surface area contributed by atoms with Crippen LogP contribution in [-0.2, 0) is 22.4 Å². The fourth-order valence-electron chi connectivity index (χ4n) is 2.47. The van der Waals surface area contributed by atoms with Gasteiger partial charge in [-0.05, 0) is 43.1 Å². The summed E-state index contributed by atoms with van der Waals surface area (Å²) in [6, 6.07) is 18.5. The fourth-order valence-corrected chi connectivity index (χ4v) is 2.47. The molecule has 0 amide bonds. The van der Waals surface area contributed by atoms with Crippen molar-refractivity contribution in [3.8, 4) is 5.75 Å². The lowest BCUT2D eigenvalue weighted by atomic mass is 10.1. The Hall–Kier alpha value is -2.33. The summed E-state index contributed by atoms with van der Waals surface area (Å²) >= 11 is 0. The van der Waals surface area contributed by atoms with Crippen LogP contribution in [0.1, 0.15) is 24.5 Å². The monoisotopic (exact) mass is 341 g/mol. The zero-order valence-corrected chi connectivity index (χ0v) is 14.9. The molecule has 0 aliphatic rings. The van der Waals surface area contributed by atoms with Gasteiger partial charge in [0, 0.05) is 13.0 Å². The lowest BCUT2D eigenvalue weighted by molar-refractivity contribution is -0.142. The second kappa shape index (κ2) is 11.3. The molecule has 2 aromatic carbocycles. The third kappa shape index (κ3) is 7.86. The van der Waals surface area contributed by atoms with E-state index in [-0.39, 0.29) is 5.97 Å². The Morgan fingerprint density at radius 3 is 2.36 bits per heavy atom. The van der Waals surface area contributed by atoms with E-state index in [4.69, 9.17) is 9.47 Å². The zero-order valence-electron chi connectivity index (χ0n) is 14.9. The Kier molecular flexibility index (Phi) is 8.56. The van der Waals surface area contributed by atoms with Crippen LogP contribution >= 0.6 is 0 Å². The molecule has 2 aromatic rings. The number of ether oxygens (including phenoxy) is 2. The summed E-state index contributed by atoms with van der Waals surface area (Å²) in [5.41, 5.74) is 2.53. The van der Waals surface area contributed by atoms with E-state index in [0.717, 1.165) is 25.1 Å². The van der Waals surface area contributed by atoms with Gasteiger partial charge in [-0.3, -0.25) is 4.79 Å². The van der Waals surface area contributed by atoms with Gasteiger partial charge in [0.05, 0.1) is 19.6 Å². The Bertz CT molecular complexity index is 611. The molecule has 0 heterocycles. The van der Waals surface area contributed by atoms with E-state index in [0.29, 0.717) is 26.2 Å². The molecule has 0 unspecified atom stereocenters. The molecule has 0 aromatic heterocycles. The normalized spacial score (nSPS) is 10.4. The average molecular weight is 341 g/mol. The number of carbonyl (C=O) groups excluding carboxylic acids is 1. The molecular weight excluding hydrogens is 314 g/mol. The summed E-state index contributed by atoms with van der Waals surface area (Å²) in [5, 5.41) is 3.26. The van der Waals surface area contributed by atoms with E-state index in [1.165, 1.54) is 11.1 Å². The SMILES string of the molecule is CCOC(=O)CCNCCc1ccc(OCCc2ccccc2)cc1. The first-order valence-electron chi connectivity index (χ1n) is 8.90. The predicted octanol–water partition coefficient (Wildman–Crippen LogP) is 3.39. The van der Waals surface area contributed by atoms with Gasteiger partial charge in [0.2, 0.25) is 0 Å². The lowest BCUT2D eigenvalue weighted by Gasteiger charge is -2.08. The summed E-state index contributed by atoms with van der Waals surface area (Å²) in [5.74, 6) is 0.752. The second-order valence-electron chi connectivity index (χ2n) is 5.78. The molecular formula is C21H27NO3. The van der Waals surface area contributed by atoms with Crippen molar-refractivity contribution in [2.24, 2.45) is 0 Å². The summed E-state index contributed by atoms with van der Waals surface area (Å²) in [6.45, 7) is 4.44. The maximum atomic E-state index is 11.2. The van der Waals surface area contributed by atoms with Gasteiger partial charge >= 0.3 is 5.97 Å². The molecule has 134 valence electrons. The van der Waals surface area contributed by atoms with Crippen molar-refractivity contribution in [1.29, 1.82) is 0 Å². The van der Waals surface area contributed by atoms with Gasteiger partial charge in [0.1, 0.15) is 5.75 Å². The van der Waals surface area contributed by atoms with Crippen LogP contribution in [0.2, 0.25) is 0 Å². The molecule has 4 nitrogen and oxygen atoms in total. The zero-order chi connectivity index (χ0) is 17.7. The number of nitrogens with one attached hydrogen (secondary N) is 1. The number of hydrogen-bond donors (Lipinski definition) is 1. The second-order valence-corrected chi connectivity index (χ2v) is 5.78. The van der Waals surface area contributed by atoms with Gasteiger partial charge < -0.3 is 14.8 Å². The molecule has 0 spiro atoms. The van der Waals surface area contributed by atoms with Crippen LogP contribution in [-0.4, -0.2) is 32.3 Å². The maximum absolute atomic E-state index is 11.2. The molecule has 0 aliphatic heterocycles. The van der Waals surface area contributed by atoms with Crippen LogP contribution in [0.5, 0.6) is 5.75 Å². The van der Waals surface area contributed by atoms with Crippen LogP contribution in [0.15, 0.2) is 54.6 Å². The van der Waals surface area contributed by atoms with Crippen molar-refractivity contribution in [2.75, 3.05) is 26.3 Å². The van der Waals surface area contributed by atoms with E-state index in [1.54, 1.807) is 0 Å². The van der Waals surface area contributed by atoms with Crippen LogP contribution in [0.3, 0.4) is 0 Å². The van der Waals surface area contributed by atoms with Gasteiger partial charge in [-0.15, -0.1) is 0 Å². The third-order valence-electron chi connectivity index (χ3n) is 3.83. The Labute approximate surface area is 150 Å². The first-order valence-corrected chi connectivity index (χ1v) is 8.90. The highest BCUT2D eigenvalue weighted by molar-refractivity contribution is 5.69. The van der Waals surface area contributed by atoms with Crippen molar-refractivity contribution < 1.29 is 14.3 Å². The summed E-state index contributed by atoms with van der Waals surface area (Å²) < 4.78 is 10.7. The third-order valence-corrected chi connectivity index (χ3v) is 3.83. The molecule has 4 heteroatoms. The first-order chi connectivity index (χ1) is 12.3. The maximum Gasteiger partial charge on any atom is 0.307 e. The van der Waals surface area contributed by atoms with E-state index in [2.05, 4.69) is 29.6 Å². The highest BCUT2D eigenvalue weighted by atomic mass is 16.5. The minimum absolute atomic E-state index is 0.146. The summed E-state index contributed by atoms with van der Waals surface area (Å²) in [6.07, 6.45) is 2.25. The highest BCUT2D eigenvalue weighted by Crippen LogP contribution is 2.13. The Morgan fingerprint density at radius 2 is 1.64 bits per heavy atom. The van der Waals surface area contributed by atoms with E-state index in [1.807, 2.05) is 37.3 Å². The highest BCUT2D eigenvalue weighted by Gasteiger charge is 2.01. The van der Waals surface area contributed by atoms with Crippen LogP contribution < -0.4 is 10.1 Å². The molecule has 0 fully saturated rings. The van der Waals surface area contributed by atoms with Gasteiger partial charge in [-0.2, -0.15) is 0 Å². The predicted molar refractivity (Wildman–Crippen MR) is 99.9 cm³/mol. The first kappa shape index (κ1) is 19.0. The molecule has 25 heavy (non-hydrogen) atoms. The average Bonchev–Trinajstić information content (AvgIpc) is 2.64. The van der Waals surface area contributed by atoms with Crippen molar-refractivity contribution >= 4 is 5.97 Å². The van der Waals surface area contributed by atoms with Crippen molar-refractivity contribution in [3.05, 3.63) is 65.7 Å². The number of rotatable bonds is 11. The summed E-state index contributed by atoms with van der Waals surface area (Å²) in [4.78, 5) is 11.2. The quantitative estimate of drug-likeness (QED) is 0.503. The van der Waals surface area contributed by atoms with Gasteiger partial charge in [-0.25, -0.2) is 0 Å². The molecule has 0 atom stereocenters. The molecule has 0 radical (unpaired) electrons. The van der Waals surface area contributed by atoms with Crippen LogP contribution in [0.25, 0.3) is 0 Å². The van der Waals surface area contributed by atoms with Crippen LogP contribution in [0, 0.1) is 0 Å². The van der Waals surface area contributed by atoms with Crippen LogP contribution in [0.4, 0.5) is 0 Å². The number of benzene rings is 2. The van der Waals surface area contributed by atoms with Gasteiger partial charge in [-0.1, -0.05) is 42.5 Å². The van der Waals surface area contributed by atoms with E-state index < -0.39 is 0 Å². The van der Waals surface area contributed by atoms with Gasteiger partial charge in [0.15, 0.2) is 0 Å². The van der Waals surface area contributed by atoms with E-state index in [9.17, 15) is 4.79 Å². The van der Waals surface area contributed by atoms with Crippen molar-refractivity contribution in [2.45, 2.75) is 26.2 Å². The Morgan fingerprint density at radius 1 is 0.920 bits per heavy atom. The summed E-state index contributed by atoms with van der Waals surface area (Å²) in [7, 11) is 0. The number of esters is 1. The van der Waals surface area contributed by atoms with Crippen molar-refractivity contribution in [3.63, 3.8) is 0 Å². The fraction of sp³-hybridized carbons (Fsp3) is 0.381. The minimum Gasteiger partial charge on any atom is -0.493 e. The van der Waals surface area contributed by atoms with E-state index >= 15 is 0 Å². The molecule has 0 bridgehead atoms. The number of carbonyl (C=O) groups is 1. The molecule has 1 N–H and O–H groups in total. The number of hydrogen-bond acceptors (Lipinski definition) is 4. The van der Waals surface area contributed by atoms with Crippen molar-refractivity contribution in [1.82, 2.24) is 5.32 Å². The van der Waals surface area contributed by atoms with Gasteiger partial charge in [0.25, 0.3) is 0 Å². The molecule has 2 rings (SSSR count). The molecule has 0 aliphatic carbocycles. The smallest absolute Gasteiger partial charge is 0.307 e. The lowest BCUT2D eigenvalue weighted by Crippen LogP contribution is -2.21. The topological polar surface area (TPSA) is 47.6 Å². The largest absolute Gasteiger partial charge is 0.493 e. The standard InChI is InChI=1S/C21H27NO3/c1-2-24-21(23)13-16-22-15-12-19-8-10-20(11-9-19)25-17-14-18-6-4-3-5-7-18/h3-11,22H,2,12-17H2,1H3. The Balaban J connectivity index is 1.60. The molecule has 0 saturated carbocycles.